The van der Waals surface area contributed by atoms with Gasteiger partial charge in [0.1, 0.15) is 5.01 Å². The first-order chi connectivity index (χ1) is 9.65. The molecule has 6 nitrogen and oxygen atoms in total. The monoisotopic (exact) mass is 294 g/mol. The largest absolute Gasteiger partial charge is 0.550 e. The van der Waals surface area contributed by atoms with Crippen LogP contribution in [0, 0.1) is 11.8 Å². The highest BCUT2D eigenvalue weighted by Crippen LogP contribution is 2.42. The number of carboxylic acids is 1. The van der Waals surface area contributed by atoms with Gasteiger partial charge in [0.05, 0.1) is 0 Å². The zero-order chi connectivity index (χ0) is 14.1. The zero-order valence-corrected chi connectivity index (χ0v) is 11.8. The number of hydrogen-bond donors (Lipinski definition) is 1. The van der Waals surface area contributed by atoms with Crippen LogP contribution in [0.2, 0.25) is 0 Å². The second kappa shape index (κ2) is 5.47. The van der Waals surface area contributed by atoms with E-state index in [1.54, 1.807) is 0 Å². The second-order valence-electron chi connectivity index (χ2n) is 5.53. The Morgan fingerprint density at radius 3 is 2.45 bits per heavy atom. The first-order valence-electron chi connectivity index (χ1n) is 7.00. The van der Waals surface area contributed by atoms with Crippen LogP contribution in [-0.2, 0) is 9.59 Å². The smallest absolute Gasteiger partial charge is 0.229 e. The molecule has 1 aromatic heterocycles. The number of aromatic nitrogens is 2. The van der Waals surface area contributed by atoms with Gasteiger partial charge in [-0.25, -0.2) is 0 Å². The average molecular weight is 294 g/mol. The van der Waals surface area contributed by atoms with Gasteiger partial charge in [0.15, 0.2) is 0 Å². The molecule has 0 unspecified atom stereocenters. The molecule has 0 saturated heterocycles. The SMILES string of the molecule is O=C([O-])[C@H]1CCCC[C@@H]1C(=O)Nc1nnc(C2CC2)s1. The van der Waals surface area contributed by atoms with Crippen LogP contribution >= 0.6 is 11.3 Å². The summed E-state index contributed by atoms with van der Waals surface area (Å²) in [6.07, 6.45) is 5.11. The highest BCUT2D eigenvalue weighted by molar-refractivity contribution is 7.15. The molecular weight excluding hydrogens is 278 g/mol. The summed E-state index contributed by atoms with van der Waals surface area (Å²) in [5, 5.41) is 23.3. The molecular formula is C13H16N3O3S-. The minimum Gasteiger partial charge on any atom is -0.550 e. The molecule has 1 aromatic rings. The van der Waals surface area contributed by atoms with Gasteiger partial charge in [-0.3, -0.25) is 4.79 Å². The van der Waals surface area contributed by atoms with Crippen molar-refractivity contribution >= 4 is 28.3 Å². The van der Waals surface area contributed by atoms with Gasteiger partial charge < -0.3 is 15.2 Å². The number of nitrogens with zero attached hydrogens (tertiary/aromatic N) is 2. The van der Waals surface area contributed by atoms with Gasteiger partial charge in [0, 0.05) is 23.7 Å². The molecule has 1 heterocycles. The highest BCUT2D eigenvalue weighted by atomic mass is 32.1. The van der Waals surface area contributed by atoms with Crippen molar-refractivity contribution in [3.05, 3.63) is 5.01 Å². The van der Waals surface area contributed by atoms with Crippen molar-refractivity contribution in [1.29, 1.82) is 0 Å². The number of nitrogens with one attached hydrogen (secondary N) is 1. The molecule has 0 radical (unpaired) electrons. The molecule has 2 saturated carbocycles. The predicted octanol–water partition coefficient (Wildman–Crippen LogP) is 0.910. The van der Waals surface area contributed by atoms with Gasteiger partial charge >= 0.3 is 0 Å². The number of carbonyl (C=O) groups is 2. The van der Waals surface area contributed by atoms with E-state index in [0.717, 1.165) is 30.7 Å². The Morgan fingerprint density at radius 2 is 1.80 bits per heavy atom. The lowest BCUT2D eigenvalue weighted by atomic mass is 9.79. The van der Waals surface area contributed by atoms with Crippen molar-refractivity contribution in [2.75, 3.05) is 5.32 Å². The predicted molar refractivity (Wildman–Crippen MR) is 71.0 cm³/mol. The van der Waals surface area contributed by atoms with Crippen LogP contribution in [0.25, 0.3) is 0 Å². The molecule has 0 bridgehead atoms. The van der Waals surface area contributed by atoms with Gasteiger partial charge in [-0.15, -0.1) is 10.2 Å². The summed E-state index contributed by atoms with van der Waals surface area (Å²) in [5.74, 6) is -2.08. The quantitative estimate of drug-likeness (QED) is 0.890. The molecule has 20 heavy (non-hydrogen) atoms. The Hall–Kier alpha value is -1.50. The molecule has 1 N–H and O–H groups in total. The van der Waals surface area contributed by atoms with Crippen LogP contribution in [0.3, 0.4) is 0 Å². The van der Waals surface area contributed by atoms with Gasteiger partial charge in [0.25, 0.3) is 0 Å². The fraction of sp³-hybridized carbons (Fsp3) is 0.692. The van der Waals surface area contributed by atoms with Gasteiger partial charge in [-0.2, -0.15) is 0 Å². The van der Waals surface area contributed by atoms with Crippen molar-refractivity contribution < 1.29 is 14.7 Å². The molecule has 0 aromatic carbocycles. The van der Waals surface area contributed by atoms with E-state index in [1.807, 2.05) is 0 Å². The topological polar surface area (TPSA) is 95.0 Å². The molecule has 2 atom stereocenters. The highest BCUT2D eigenvalue weighted by Gasteiger charge is 2.33. The minimum absolute atomic E-state index is 0.266. The van der Waals surface area contributed by atoms with Gasteiger partial charge in [0.2, 0.25) is 11.0 Å². The van der Waals surface area contributed by atoms with Crippen LogP contribution in [0.1, 0.15) is 49.5 Å². The molecule has 2 aliphatic rings. The fourth-order valence-electron chi connectivity index (χ4n) is 2.71. The zero-order valence-electron chi connectivity index (χ0n) is 11.0. The fourth-order valence-corrected chi connectivity index (χ4v) is 3.62. The Kier molecular flexibility index (Phi) is 3.69. The van der Waals surface area contributed by atoms with Gasteiger partial charge in [-0.05, 0) is 25.7 Å². The van der Waals surface area contributed by atoms with Crippen LogP contribution in [0.4, 0.5) is 5.13 Å². The minimum atomic E-state index is -1.12. The number of aliphatic carboxylic acids is 1. The van der Waals surface area contributed by atoms with E-state index >= 15 is 0 Å². The van der Waals surface area contributed by atoms with E-state index in [2.05, 4.69) is 15.5 Å². The normalized spacial score (nSPS) is 26.2. The number of rotatable bonds is 4. The van der Waals surface area contributed by atoms with Crippen LogP contribution in [0.5, 0.6) is 0 Å². The van der Waals surface area contributed by atoms with E-state index in [1.165, 1.54) is 11.3 Å². The average Bonchev–Trinajstić information content (AvgIpc) is 3.19. The maximum Gasteiger partial charge on any atom is 0.229 e. The third-order valence-electron chi connectivity index (χ3n) is 4.00. The Morgan fingerprint density at radius 1 is 1.10 bits per heavy atom. The number of anilines is 1. The van der Waals surface area contributed by atoms with Crippen molar-refractivity contribution in [2.45, 2.75) is 44.4 Å². The molecule has 0 spiro atoms. The van der Waals surface area contributed by atoms with E-state index in [9.17, 15) is 14.7 Å². The molecule has 2 fully saturated rings. The Bertz CT molecular complexity index is 527. The number of carbonyl (C=O) groups excluding carboxylic acids is 2. The van der Waals surface area contributed by atoms with Crippen LogP contribution in [0.15, 0.2) is 0 Å². The summed E-state index contributed by atoms with van der Waals surface area (Å²) >= 11 is 1.39. The number of carboxylic acid groups (broad SMARTS) is 1. The summed E-state index contributed by atoms with van der Waals surface area (Å²) in [4.78, 5) is 23.3. The van der Waals surface area contributed by atoms with Crippen molar-refractivity contribution in [3.8, 4) is 0 Å². The summed E-state index contributed by atoms with van der Waals surface area (Å²) < 4.78 is 0. The maximum atomic E-state index is 12.2. The first kappa shape index (κ1) is 13.5. The standard InChI is InChI=1S/C13H17N3O3S/c17-10(8-3-1-2-4-9(8)12(18)19)14-13-16-15-11(20-13)7-5-6-7/h7-9H,1-6H2,(H,18,19)(H,14,16,17)/p-1/t8-,9-/m0/s1. The Labute approximate surface area is 120 Å². The molecule has 108 valence electrons. The molecule has 2 aliphatic carbocycles. The van der Waals surface area contributed by atoms with E-state index in [4.69, 9.17) is 0 Å². The van der Waals surface area contributed by atoms with E-state index < -0.39 is 17.8 Å². The molecule has 0 aliphatic heterocycles. The first-order valence-corrected chi connectivity index (χ1v) is 7.82. The van der Waals surface area contributed by atoms with Crippen LogP contribution in [-0.4, -0.2) is 22.1 Å². The lowest BCUT2D eigenvalue weighted by molar-refractivity contribution is -0.313. The summed E-state index contributed by atoms with van der Waals surface area (Å²) in [7, 11) is 0. The molecule has 7 heteroatoms. The lowest BCUT2D eigenvalue weighted by Crippen LogP contribution is -2.42. The summed E-state index contributed by atoms with van der Waals surface area (Å²) in [6.45, 7) is 0. The summed E-state index contributed by atoms with van der Waals surface area (Å²) in [6, 6.07) is 0. The lowest BCUT2D eigenvalue weighted by Gasteiger charge is -2.30. The maximum absolute atomic E-state index is 12.2. The molecule has 3 rings (SSSR count). The molecule has 1 amide bonds. The number of hydrogen-bond acceptors (Lipinski definition) is 6. The third-order valence-corrected chi connectivity index (χ3v) is 5.00. The van der Waals surface area contributed by atoms with Crippen molar-refractivity contribution in [1.82, 2.24) is 10.2 Å². The van der Waals surface area contributed by atoms with Crippen molar-refractivity contribution in [2.24, 2.45) is 11.8 Å². The third kappa shape index (κ3) is 2.82. The van der Waals surface area contributed by atoms with E-state index in [-0.39, 0.29) is 5.91 Å². The van der Waals surface area contributed by atoms with Crippen LogP contribution < -0.4 is 10.4 Å². The second-order valence-corrected chi connectivity index (χ2v) is 6.53. The number of amides is 1. The Balaban J connectivity index is 1.65. The van der Waals surface area contributed by atoms with Crippen molar-refractivity contribution in [3.63, 3.8) is 0 Å². The van der Waals surface area contributed by atoms with Gasteiger partial charge in [-0.1, -0.05) is 24.2 Å². The summed E-state index contributed by atoms with van der Waals surface area (Å²) in [5.41, 5.74) is 0. The van der Waals surface area contributed by atoms with E-state index in [0.29, 0.717) is 23.9 Å².